The van der Waals surface area contributed by atoms with Gasteiger partial charge in [-0.3, -0.25) is 14.3 Å². The summed E-state index contributed by atoms with van der Waals surface area (Å²) < 4.78 is 18.9. The van der Waals surface area contributed by atoms with Gasteiger partial charge in [0.1, 0.15) is 11.5 Å². The van der Waals surface area contributed by atoms with Gasteiger partial charge in [-0.2, -0.15) is 9.46 Å². The van der Waals surface area contributed by atoms with Gasteiger partial charge in [-0.1, -0.05) is 0 Å². The maximum absolute atomic E-state index is 13.2. The molecule has 1 fully saturated rings. The van der Waals surface area contributed by atoms with Crippen LogP contribution in [0.1, 0.15) is 41.3 Å². The van der Waals surface area contributed by atoms with Crippen LogP contribution in [0.5, 0.6) is 0 Å². The van der Waals surface area contributed by atoms with Crippen molar-refractivity contribution in [3.05, 3.63) is 29.6 Å². The van der Waals surface area contributed by atoms with Crippen LogP contribution in [0.2, 0.25) is 0 Å². The highest BCUT2D eigenvalue weighted by Crippen LogP contribution is 2.33. The summed E-state index contributed by atoms with van der Waals surface area (Å²) in [6.45, 7) is 3.21. The Hall–Kier alpha value is -2.49. The Bertz CT molecular complexity index is 1030. The van der Waals surface area contributed by atoms with Gasteiger partial charge < -0.3 is 9.88 Å². The largest absolute Gasteiger partial charge is 0.338 e. The minimum Gasteiger partial charge on any atom is -0.338 e. The van der Waals surface area contributed by atoms with E-state index in [1.54, 1.807) is 16.5 Å². The minimum atomic E-state index is -3.00. The van der Waals surface area contributed by atoms with Gasteiger partial charge >= 0.3 is 5.91 Å². The van der Waals surface area contributed by atoms with Gasteiger partial charge in [0.2, 0.25) is 5.91 Å². The highest BCUT2D eigenvalue weighted by atomic mass is 32.2. The van der Waals surface area contributed by atoms with Crippen LogP contribution in [-0.2, 0) is 27.6 Å². The van der Waals surface area contributed by atoms with Gasteiger partial charge in [0.05, 0.1) is 45.8 Å². The molecule has 0 radical (unpaired) electrons. The molecule has 1 aliphatic carbocycles. The molecule has 0 spiro atoms. The normalized spacial score (nSPS) is 18.7. The number of aryl methyl sites for hydroxylation is 1. The minimum absolute atomic E-state index is 0.124. The number of H-pyrrole nitrogens is 1. The Morgan fingerprint density at radius 1 is 1.33 bits per heavy atom. The Kier molecular flexibility index (Phi) is 4.37. The average Bonchev–Trinajstić information content (AvgIpc) is 3.15. The summed E-state index contributed by atoms with van der Waals surface area (Å²) in [5, 5.41) is 4.28. The topological polar surface area (TPSA) is 113 Å². The number of nitrogens with one attached hydrogen (secondary N) is 1. The number of fused-ring (bicyclic) bond motifs is 1. The maximum Gasteiger partial charge on any atom is 0.303 e. The van der Waals surface area contributed by atoms with Crippen LogP contribution in [0, 0.1) is 12.8 Å². The molecule has 10 heteroatoms. The van der Waals surface area contributed by atoms with Crippen LogP contribution in [0.15, 0.2) is 21.7 Å². The monoisotopic (exact) mass is 390 g/mol. The lowest BCUT2D eigenvalue weighted by Crippen LogP contribution is -2.39. The van der Waals surface area contributed by atoms with Gasteiger partial charge in [-0.05, 0) is 25.7 Å². The van der Waals surface area contributed by atoms with Crippen molar-refractivity contribution in [1.82, 2.24) is 24.6 Å². The number of aromatic nitrogens is 4. The molecular formula is C17H22N6O3S. The Labute approximate surface area is 157 Å². The van der Waals surface area contributed by atoms with Gasteiger partial charge in [0, 0.05) is 19.2 Å². The third-order valence-electron chi connectivity index (χ3n) is 4.94. The van der Waals surface area contributed by atoms with Crippen molar-refractivity contribution in [2.75, 3.05) is 12.8 Å². The number of carbonyl (C=O) groups excluding carboxylic acids is 2. The number of amides is 2. The predicted octanol–water partition coefficient (Wildman–Crippen LogP) is 1.35. The van der Waals surface area contributed by atoms with E-state index in [0.717, 1.165) is 12.8 Å². The first kappa shape index (κ1) is 17.9. The molecule has 2 amide bonds. The number of imidazole rings is 1. The van der Waals surface area contributed by atoms with Crippen molar-refractivity contribution in [1.29, 1.82) is 0 Å². The van der Waals surface area contributed by atoms with Gasteiger partial charge in [0.25, 0.3) is 0 Å². The highest BCUT2D eigenvalue weighted by Gasteiger charge is 2.31. The summed E-state index contributed by atoms with van der Waals surface area (Å²) in [7, 11) is -3.00. The Morgan fingerprint density at radius 2 is 2.11 bits per heavy atom. The lowest BCUT2D eigenvalue weighted by atomic mass is 10.2. The first-order valence-electron chi connectivity index (χ1n) is 8.94. The van der Waals surface area contributed by atoms with Crippen LogP contribution >= 0.6 is 0 Å². The van der Waals surface area contributed by atoms with E-state index in [9.17, 15) is 13.8 Å². The molecule has 3 heterocycles. The first-order valence-corrected chi connectivity index (χ1v) is 10.9. The maximum atomic E-state index is 13.2. The molecular weight excluding hydrogens is 368 g/mol. The van der Waals surface area contributed by atoms with Crippen molar-refractivity contribution in [3.8, 4) is 0 Å². The molecule has 9 nitrogen and oxygen atoms in total. The molecule has 1 unspecified atom stereocenters. The quantitative estimate of drug-likeness (QED) is 0.847. The summed E-state index contributed by atoms with van der Waals surface area (Å²) in [5.41, 5.74) is 0.889. The van der Waals surface area contributed by atoms with E-state index in [1.165, 1.54) is 18.6 Å². The third kappa shape index (κ3) is 3.66. The predicted molar refractivity (Wildman–Crippen MR) is 97.4 cm³/mol. The molecule has 1 saturated carbocycles. The zero-order chi connectivity index (χ0) is 19.2. The van der Waals surface area contributed by atoms with Gasteiger partial charge in [-0.25, -0.2) is 9.19 Å². The standard InChI is InChI=1S/C17H22N6O3S/c1-11-18-8-13(20-11)17(25)21-27(2,26)15-9-19-23-6-5-22(10-14(15)23)16(24)7-12-3-4-12/h8-9,12H,3-7,10H2,1-2H3,(H,18,20). The summed E-state index contributed by atoms with van der Waals surface area (Å²) in [4.78, 5) is 33.7. The van der Waals surface area contributed by atoms with E-state index in [1.807, 2.05) is 0 Å². The molecule has 2 aromatic rings. The zero-order valence-corrected chi connectivity index (χ0v) is 16.2. The van der Waals surface area contributed by atoms with Crippen molar-refractivity contribution < 1.29 is 13.8 Å². The van der Waals surface area contributed by atoms with E-state index in [-0.39, 0.29) is 11.6 Å². The summed E-state index contributed by atoms with van der Waals surface area (Å²) >= 11 is 0. The van der Waals surface area contributed by atoms with Crippen LogP contribution in [0.25, 0.3) is 0 Å². The second-order valence-electron chi connectivity index (χ2n) is 7.22. The number of nitrogens with zero attached hydrogens (tertiary/aromatic N) is 5. The van der Waals surface area contributed by atoms with Gasteiger partial charge in [-0.15, -0.1) is 0 Å². The van der Waals surface area contributed by atoms with Crippen LogP contribution in [-0.4, -0.2) is 53.5 Å². The van der Waals surface area contributed by atoms with Crippen molar-refractivity contribution in [2.24, 2.45) is 10.3 Å². The van der Waals surface area contributed by atoms with Crippen LogP contribution < -0.4 is 0 Å². The Balaban J connectivity index is 1.60. The van der Waals surface area contributed by atoms with Gasteiger partial charge in [0.15, 0.2) is 0 Å². The number of hydrogen-bond donors (Lipinski definition) is 1. The van der Waals surface area contributed by atoms with Crippen molar-refractivity contribution >= 4 is 21.5 Å². The van der Waals surface area contributed by atoms with E-state index < -0.39 is 15.6 Å². The second kappa shape index (κ2) is 6.59. The lowest BCUT2D eigenvalue weighted by Gasteiger charge is -2.28. The van der Waals surface area contributed by atoms with E-state index >= 15 is 0 Å². The van der Waals surface area contributed by atoms with Crippen molar-refractivity contribution in [2.45, 2.75) is 44.2 Å². The third-order valence-corrected chi connectivity index (χ3v) is 6.62. The first-order chi connectivity index (χ1) is 12.8. The number of hydrogen-bond acceptors (Lipinski definition) is 5. The van der Waals surface area contributed by atoms with Crippen molar-refractivity contribution in [3.63, 3.8) is 0 Å². The Morgan fingerprint density at radius 3 is 2.78 bits per heavy atom. The van der Waals surface area contributed by atoms with Crippen LogP contribution in [0.4, 0.5) is 0 Å². The SMILES string of the molecule is Cc1ncc(C(=O)N=S(C)(=O)c2cnn3c2CN(C(=O)CC2CC2)CC3)[nH]1. The lowest BCUT2D eigenvalue weighted by molar-refractivity contribution is -0.133. The molecule has 4 rings (SSSR count). The van der Waals surface area contributed by atoms with E-state index in [0.29, 0.717) is 48.4 Å². The van der Waals surface area contributed by atoms with E-state index in [2.05, 4.69) is 19.4 Å². The molecule has 0 bridgehead atoms. The summed E-state index contributed by atoms with van der Waals surface area (Å²) in [6.07, 6.45) is 7.13. The molecule has 2 aromatic heterocycles. The fourth-order valence-corrected chi connectivity index (χ4v) is 4.60. The molecule has 1 atom stereocenters. The van der Waals surface area contributed by atoms with Crippen LogP contribution in [0.3, 0.4) is 0 Å². The molecule has 0 aromatic carbocycles. The molecule has 27 heavy (non-hydrogen) atoms. The highest BCUT2D eigenvalue weighted by molar-refractivity contribution is 7.93. The fraction of sp³-hybridized carbons (Fsp3) is 0.529. The molecule has 144 valence electrons. The molecule has 2 aliphatic rings. The average molecular weight is 390 g/mol. The number of aromatic amines is 1. The summed E-state index contributed by atoms with van der Waals surface area (Å²) in [5.74, 6) is 0.619. The smallest absolute Gasteiger partial charge is 0.303 e. The fourth-order valence-electron chi connectivity index (χ4n) is 3.23. The number of rotatable bonds is 4. The van der Waals surface area contributed by atoms with E-state index in [4.69, 9.17) is 0 Å². The zero-order valence-electron chi connectivity index (χ0n) is 15.3. The molecule has 1 N–H and O–H groups in total. The molecule has 1 aliphatic heterocycles. The number of carbonyl (C=O) groups is 2. The summed E-state index contributed by atoms with van der Waals surface area (Å²) in [6, 6.07) is 0. The second-order valence-corrected chi connectivity index (χ2v) is 9.45. The molecule has 0 saturated heterocycles.